The maximum atomic E-state index is 12.6. The number of sulfonamides is 1. The summed E-state index contributed by atoms with van der Waals surface area (Å²) in [6.45, 7) is 10.5. The van der Waals surface area contributed by atoms with E-state index < -0.39 is 16.1 Å². The molecule has 0 saturated heterocycles. The van der Waals surface area contributed by atoms with Crippen molar-refractivity contribution >= 4 is 21.6 Å². The molecule has 7 heteroatoms. The molecule has 0 aromatic heterocycles. The number of amides is 1. The number of carbonyl (C=O) groups is 1. The molecule has 30 heavy (non-hydrogen) atoms. The topological polar surface area (TPSA) is 75.7 Å². The molecular formula is C23H32N2O4S. The van der Waals surface area contributed by atoms with Gasteiger partial charge in [0.25, 0.3) is 0 Å². The zero-order valence-corrected chi connectivity index (χ0v) is 19.4. The Bertz CT molecular complexity index is 963. The van der Waals surface area contributed by atoms with Crippen molar-refractivity contribution in [2.75, 3.05) is 23.7 Å². The van der Waals surface area contributed by atoms with Gasteiger partial charge in [-0.05, 0) is 54.7 Å². The van der Waals surface area contributed by atoms with E-state index in [4.69, 9.17) is 4.74 Å². The number of carbonyl (C=O) groups excluding carboxylic acids is 1. The van der Waals surface area contributed by atoms with Gasteiger partial charge in [0.05, 0.1) is 18.5 Å². The lowest BCUT2D eigenvalue weighted by Gasteiger charge is -2.28. The minimum atomic E-state index is -3.63. The Balaban J connectivity index is 1.94. The van der Waals surface area contributed by atoms with Crippen molar-refractivity contribution in [1.29, 1.82) is 0 Å². The first-order valence-electron chi connectivity index (χ1n) is 9.97. The highest BCUT2D eigenvalue weighted by molar-refractivity contribution is 7.92. The summed E-state index contributed by atoms with van der Waals surface area (Å²) >= 11 is 0. The van der Waals surface area contributed by atoms with E-state index in [9.17, 15) is 13.2 Å². The minimum absolute atomic E-state index is 0.0748. The standard InChI is InChI=1S/C23H32N2O4S/c1-17-8-7-9-20(16-17)25(30(6,27)28)18(2)22(26)24-14-15-29-21-12-10-19(11-13-21)23(3,4)5/h7-13,16,18H,14-15H2,1-6H3,(H,24,26)/t18-/m1/s1. The number of ether oxygens (including phenoxy) is 1. The van der Waals surface area contributed by atoms with Crippen LogP contribution in [0.4, 0.5) is 5.69 Å². The molecule has 6 nitrogen and oxygen atoms in total. The van der Waals surface area contributed by atoms with Gasteiger partial charge in [-0.3, -0.25) is 9.10 Å². The second-order valence-electron chi connectivity index (χ2n) is 8.49. The zero-order chi connectivity index (χ0) is 22.5. The van der Waals surface area contributed by atoms with E-state index in [2.05, 4.69) is 26.1 Å². The molecule has 0 spiro atoms. The smallest absolute Gasteiger partial charge is 0.243 e. The molecule has 0 radical (unpaired) electrons. The molecular weight excluding hydrogens is 400 g/mol. The highest BCUT2D eigenvalue weighted by atomic mass is 32.2. The normalized spacial score (nSPS) is 12.9. The Labute approximate surface area is 180 Å². The number of hydrogen-bond acceptors (Lipinski definition) is 4. The molecule has 1 atom stereocenters. The van der Waals surface area contributed by atoms with Crippen molar-refractivity contribution < 1.29 is 17.9 Å². The fraction of sp³-hybridized carbons (Fsp3) is 0.435. The van der Waals surface area contributed by atoms with Crippen LogP contribution in [0, 0.1) is 6.92 Å². The average molecular weight is 433 g/mol. The third kappa shape index (κ3) is 6.49. The van der Waals surface area contributed by atoms with Gasteiger partial charge in [0.2, 0.25) is 15.9 Å². The van der Waals surface area contributed by atoms with Crippen molar-refractivity contribution in [3.63, 3.8) is 0 Å². The molecule has 0 aliphatic heterocycles. The Morgan fingerprint density at radius 1 is 1.13 bits per heavy atom. The first-order chi connectivity index (χ1) is 13.9. The van der Waals surface area contributed by atoms with Crippen molar-refractivity contribution in [2.45, 2.75) is 46.1 Å². The molecule has 0 aliphatic carbocycles. The van der Waals surface area contributed by atoms with Crippen LogP contribution in [0.25, 0.3) is 0 Å². The quantitative estimate of drug-likeness (QED) is 0.646. The van der Waals surface area contributed by atoms with Crippen molar-refractivity contribution in [3.05, 3.63) is 59.7 Å². The average Bonchev–Trinajstić information content (AvgIpc) is 2.63. The fourth-order valence-electron chi connectivity index (χ4n) is 3.12. The predicted molar refractivity (Wildman–Crippen MR) is 122 cm³/mol. The molecule has 2 aromatic rings. The highest BCUT2D eigenvalue weighted by Crippen LogP contribution is 2.24. The first-order valence-corrected chi connectivity index (χ1v) is 11.8. The van der Waals surface area contributed by atoms with Gasteiger partial charge < -0.3 is 10.1 Å². The van der Waals surface area contributed by atoms with Gasteiger partial charge in [0.15, 0.2) is 0 Å². The number of rotatable bonds is 8. The third-order valence-corrected chi connectivity index (χ3v) is 5.98. The van der Waals surface area contributed by atoms with Crippen LogP contribution in [0.15, 0.2) is 48.5 Å². The van der Waals surface area contributed by atoms with Gasteiger partial charge in [-0.2, -0.15) is 0 Å². The van der Waals surface area contributed by atoms with E-state index >= 15 is 0 Å². The first kappa shape index (κ1) is 23.7. The molecule has 164 valence electrons. The lowest BCUT2D eigenvalue weighted by atomic mass is 9.87. The van der Waals surface area contributed by atoms with Crippen LogP contribution in [-0.2, 0) is 20.2 Å². The van der Waals surface area contributed by atoms with E-state index in [1.54, 1.807) is 25.1 Å². The van der Waals surface area contributed by atoms with E-state index in [0.717, 1.165) is 21.9 Å². The monoisotopic (exact) mass is 432 g/mol. The van der Waals surface area contributed by atoms with Gasteiger partial charge >= 0.3 is 0 Å². The largest absolute Gasteiger partial charge is 0.492 e. The van der Waals surface area contributed by atoms with E-state index in [0.29, 0.717) is 5.69 Å². The van der Waals surface area contributed by atoms with Crippen LogP contribution >= 0.6 is 0 Å². The number of hydrogen-bond donors (Lipinski definition) is 1. The molecule has 2 rings (SSSR count). The van der Waals surface area contributed by atoms with Crippen molar-refractivity contribution in [2.24, 2.45) is 0 Å². The molecule has 1 N–H and O–H groups in total. The van der Waals surface area contributed by atoms with Gasteiger partial charge in [-0.25, -0.2) is 8.42 Å². The number of nitrogens with one attached hydrogen (secondary N) is 1. The number of anilines is 1. The molecule has 0 bridgehead atoms. The molecule has 0 aliphatic rings. The number of aryl methyl sites for hydroxylation is 1. The van der Waals surface area contributed by atoms with Gasteiger partial charge in [-0.1, -0.05) is 45.0 Å². The Hall–Kier alpha value is -2.54. The third-order valence-electron chi connectivity index (χ3n) is 4.74. The Morgan fingerprint density at radius 2 is 1.77 bits per heavy atom. The summed E-state index contributed by atoms with van der Waals surface area (Å²) in [5, 5.41) is 2.76. The SMILES string of the molecule is Cc1cccc(N([C@H](C)C(=O)NCCOc2ccc(C(C)(C)C)cc2)S(C)(=O)=O)c1. The fourth-order valence-corrected chi connectivity index (χ4v) is 4.28. The molecule has 0 saturated carbocycles. The lowest BCUT2D eigenvalue weighted by Crippen LogP contribution is -2.48. The summed E-state index contributed by atoms with van der Waals surface area (Å²) in [5.74, 6) is 0.344. The van der Waals surface area contributed by atoms with Crippen LogP contribution in [0.2, 0.25) is 0 Å². The Kier molecular flexibility index (Phi) is 7.53. The summed E-state index contributed by atoms with van der Waals surface area (Å²) in [7, 11) is -3.63. The second kappa shape index (κ2) is 9.51. The highest BCUT2D eigenvalue weighted by Gasteiger charge is 2.28. The minimum Gasteiger partial charge on any atom is -0.492 e. The van der Waals surface area contributed by atoms with E-state index in [1.807, 2.05) is 37.3 Å². The lowest BCUT2D eigenvalue weighted by molar-refractivity contribution is -0.121. The zero-order valence-electron chi connectivity index (χ0n) is 18.6. The van der Waals surface area contributed by atoms with Crippen molar-refractivity contribution in [1.82, 2.24) is 5.32 Å². The maximum Gasteiger partial charge on any atom is 0.243 e. The molecule has 1 amide bonds. The molecule has 2 aromatic carbocycles. The van der Waals surface area contributed by atoms with Crippen LogP contribution < -0.4 is 14.4 Å². The predicted octanol–water partition coefficient (Wildman–Crippen LogP) is 3.64. The maximum absolute atomic E-state index is 12.6. The summed E-state index contributed by atoms with van der Waals surface area (Å²) in [5.41, 5.74) is 2.68. The van der Waals surface area contributed by atoms with Gasteiger partial charge in [0, 0.05) is 0 Å². The number of benzene rings is 2. The summed E-state index contributed by atoms with van der Waals surface area (Å²) in [6, 6.07) is 14.1. The summed E-state index contributed by atoms with van der Waals surface area (Å²) < 4.78 is 31.5. The second-order valence-corrected chi connectivity index (χ2v) is 10.3. The van der Waals surface area contributed by atoms with Crippen LogP contribution in [0.1, 0.15) is 38.8 Å². The van der Waals surface area contributed by atoms with Crippen LogP contribution in [-0.4, -0.2) is 39.8 Å². The number of nitrogens with zero attached hydrogens (tertiary/aromatic N) is 1. The molecule has 0 unspecified atom stereocenters. The summed E-state index contributed by atoms with van der Waals surface area (Å²) in [4.78, 5) is 12.6. The van der Waals surface area contributed by atoms with Crippen LogP contribution in [0.5, 0.6) is 5.75 Å². The molecule has 0 heterocycles. The van der Waals surface area contributed by atoms with Gasteiger partial charge in [0.1, 0.15) is 18.4 Å². The summed E-state index contributed by atoms with van der Waals surface area (Å²) in [6.07, 6.45) is 1.10. The van der Waals surface area contributed by atoms with Crippen LogP contribution in [0.3, 0.4) is 0 Å². The van der Waals surface area contributed by atoms with E-state index in [1.165, 1.54) is 5.56 Å². The Morgan fingerprint density at radius 3 is 2.30 bits per heavy atom. The van der Waals surface area contributed by atoms with E-state index in [-0.39, 0.29) is 24.5 Å². The van der Waals surface area contributed by atoms with Gasteiger partial charge in [-0.15, -0.1) is 0 Å². The van der Waals surface area contributed by atoms with Crippen molar-refractivity contribution in [3.8, 4) is 5.75 Å². The molecule has 0 fully saturated rings.